The Balaban J connectivity index is -0.0000000448. The van der Waals surface area contributed by atoms with Crippen molar-refractivity contribution < 1.29 is 0 Å². The van der Waals surface area contributed by atoms with Crippen molar-refractivity contribution in [3.05, 3.63) is 170 Å². The van der Waals surface area contributed by atoms with Crippen LogP contribution in [0.4, 0.5) is 0 Å². The standard InChI is InChI=1S/4C6H12.2C6H10.5C6H14.2C6H12.4C4H8/c6*1-4-5-6(2)3;7*1-3-5-6-4-2;4*1-3-4-2/h4*5H,4H2,1-3H3;2*4-5H,1H2,2-3H3;5*3-6H2,1-2H3;2*5-6H,3-4H2,1-2H3;4*3H,1,4H2,2H3. The molecule has 570 valence electrons. The van der Waals surface area contributed by atoms with E-state index in [1.165, 1.54) is 213 Å². The van der Waals surface area contributed by atoms with Gasteiger partial charge in [-0.25, -0.2) is 0 Å². The normalized spacial score (nSPS) is 8.15. The third kappa shape index (κ3) is 435. The van der Waals surface area contributed by atoms with Crippen LogP contribution in [-0.2, 0) is 0 Å². The Morgan fingerprint density at radius 2 is 0.298 bits per heavy atom. The first-order valence-corrected chi connectivity index (χ1v) is 39.5. The van der Waals surface area contributed by atoms with Crippen LogP contribution in [-0.4, -0.2) is 0 Å². The van der Waals surface area contributed by atoms with Crippen molar-refractivity contribution in [3.63, 3.8) is 0 Å². The second kappa shape index (κ2) is 179. The highest BCUT2D eigenvalue weighted by atomic mass is 13.9. The monoisotopic (exact) mass is 1320 g/mol. The minimum Gasteiger partial charge on any atom is -0.103 e. The Hall–Kier alpha value is -3.64. The molecule has 0 heteroatoms. The van der Waals surface area contributed by atoms with Gasteiger partial charge in [-0.2, -0.15) is 0 Å². The molecule has 0 aromatic heterocycles. The molecule has 0 nitrogen and oxygen atoms in total. The van der Waals surface area contributed by atoms with Crippen LogP contribution in [0.25, 0.3) is 0 Å². The number of allylic oxidation sites excluding steroid dienone is 22. The summed E-state index contributed by atoms with van der Waals surface area (Å²) in [5.74, 6) is 0. The fourth-order valence-corrected chi connectivity index (χ4v) is 5.27. The van der Waals surface area contributed by atoms with Crippen LogP contribution in [0.2, 0.25) is 0 Å². The van der Waals surface area contributed by atoms with Gasteiger partial charge in [0.15, 0.2) is 0 Å². The van der Waals surface area contributed by atoms with E-state index in [0.29, 0.717) is 0 Å². The molecule has 0 radical (unpaired) electrons. The van der Waals surface area contributed by atoms with Crippen molar-refractivity contribution in [2.24, 2.45) is 0 Å². The van der Waals surface area contributed by atoms with Gasteiger partial charge in [-0.15, -0.1) is 26.3 Å². The fourth-order valence-electron chi connectivity index (χ4n) is 5.27. The van der Waals surface area contributed by atoms with E-state index < -0.39 is 0 Å². The lowest BCUT2D eigenvalue weighted by Crippen LogP contribution is -1.66. The minimum absolute atomic E-state index is 1.08. The SMILES string of the molecule is C=CC=C(C)C.C=CC=C(C)C.C=CCC.C=CCC.C=CCC.C=CCC.CCC=C(C)C.CCC=C(C)C.CCC=C(C)C.CCC=C(C)C.CCC=CCC.CCC=CCC.CCCCCC.CCCCCC.CCCCCC.CCCCCC.CCCCCC. The number of hydrogen-bond donors (Lipinski definition) is 0. The molecule has 0 N–H and O–H groups in total. The average molecular weight is 1320 g/mol. The van der Waals surface area contributed by atoms with Crippen molar-refractivity contribution >= 4 is 0 Å². The molecule has 0 atom stereocenters. The quantitative estimate of drug-likeness (QED) is 0.0398. The zero-order chi connectivity index (χ0) is 77.4. The first kappa shape index (κ1) is 134. The zero-order valence-electron chi connectivity index (χ0n) is 73.1. The molecule has 0 aliphatic heterocycles. The van der Waals surface area contributed by atoms with Gasteiger partial charge in [0.1, 0.15) is 0 Å². The van der Waals surface area contributed by atoms with Crippen LogP contribution in [0.3, 0.4) is 0 Å². The van der Waals surface area contributed by atoms with E-state index >= 15 is 0 Å². The molecular formula is C94H194. The molecule has 0 amide bonds. The Labute approximate surface area is 607 Å². The molecule has 0 bridgehead atoms. The van der Waals surface area contributed by atoms with Crippen LogP contribution >= 0.6 is 0 Å². The van der Waals surface area contributed by atoms with Gasteiger partial charge in [0.25, 0.3) is 0 Å². The van der Waals surface area contributed by atoms with Gasteiger partial charge < -0.3 is 0 Å². The molecule has 0 heterocycles. The molecular weight excluding hydrogens is 1130 g/mol. The van der Waals surface area contributed by atoms with Gasteiger partial charge in [-0.1, -0.05) is 425 Å². The van der Waals surface area contributed by atoms with Gasteiger partial charge in [0.2, 0.25) is 0 Å². The van der Waals surface area contributed by atoms with E-state index in [2.05, 4.69) is 296 Å². The zero-order valence-corrected chi connectivity index (χ0v) is 73.1. The van der Waals surface area contributed by atoms with Crippen molar-refractivity contribution in [1.29, 1.82) is 0 Å². The maximum atomic E-state index is 3.52. The lowest BCUT2D eigenvalue weighted by Gasteiger charge is -1.86. The highest BCUT2D eigenvalue weighted by Crippen LogP contribution is 1.99. The summed E-state index contributed by atoms with van der Waals surface area (Å²) in [5.41, 5.74) is 8.25. The summed E-state index contributed by atoms with van der Waals surface area (Å²) >= 11 is 0. The van der Waals surface area contributed by atoms with Gasteiger partial charge in [-0.3, -0.25) is 0 Å². The van der Waals surface area contributed by atoms with Crippen molar-refractivity contribution in [2.45, 2.75) is 441 Å². The first-order valence-electron chi connectivity index (χ1n) is 39.5. The maximum Gasteiger partial charge on any atom is -0.0377 e. The molecule has 0 fully saturated rings. The highest BCUT2D eigenvalue weighted by Gasteiger charge is 1.79. The third-order valence-electron chi connectivity index (χ3n) is 10.6. The molecule has 0 aliphatic rings. The Kier molecular flexibility index (Phi) is 256. The van der Waals surface area contributed by atoms with E-state index in [9.17, 15) is 0 Å². The number of hydrogen-bond acceptors (Lipinski definition) is 0. The smallest absolute Gasteiger partial charge is 0.0377 e. The second-order valence-electron chi connectivity index (χ2n) is 23.6. The van der Waals surface area contributed by atoms with Crippen molar-refractivity contribution in [1.82, 2.24) is 0 Å². The summed E-state index contributed by atoms with van der Waals surface area (Å²) in [6.07, 6.45) is 74.0. The molecule has 0 aliphatic carbocycles. The molecule has 0 rings (SSSR count). The predicted molar refractivity (Wildman–Crippen MR) is 469 cm³/mol. The van der Waals surface area contributed by atoms with Crippen molar-refractivity contribution in [2.75, 3.05) is 0 Å². The number of rotatable bonds is 29. The average Bonchev–Trinajstić information content (AvgIpc) is 3.55. The van der Waals surface area contributed by atoms with Crippen LogP contribution in [0, 0.1) is 0 Å². The lowest BCUT2D eigenvalue weighted by molar-refractivity contribution is 0.702. The summed E-state index contributed by atoms with van der Waals surface area (Å²) < 4.78 is 0. The lowest BCUT2D eigenvalue weighted by atomic mass is 10.2. The molecule has 0 spiro atoms. The van der Waals surface area contributed by atoms with E-state index in [-0.39, 0.29) is 0 Å². The number of unbranched alkanes of at least 4 members (excludes halogenated alkanes) is 15. The summed E-state index contributed by atoms with van der Waals surface area (Å²) in [6, 6.07) is 0. The second-order valence-corrected chi connectivity index (χ2v) is 23.6. The Bertz CT molecular complexity index is 1160. The summed E-state index contributed by atoms with van der Waals surface area (Å²) in [4.78, 5) is 0. The molecule has 0 aromatic carbocycles. The first-order chi connectivity index (χ1) is 44.7. The molecule has 94 heavy (non-hydrogen) atoms. The van der Waals surface area contributed by atoms with E-state index in [1.807, 2.05) is 64.2 Å². The highest BCUT2D eigenvalue weighted by molar-refractivity contribution is 5.05. The minimum atomic E-state index is 1.08. The molecule has 0 aromatic rings. The molecule has 0 saturated heterocycles. The van der Waals surface area contributed by atoms with Gasteiger partial charge in [-0.05, 0) is 160 Å². The van der Waals surface area contributed by atoms with Crippen LogP contribution in [0.5, 0.6) is 0 Å². The van der Waals surface area contributed by atoms with Gasteiger partial charge in [0.05, 0.1) is 0 Å². The Morgan fingerprint density at radius 3 is 0.319 bits per heavy atom. The topological polar surface area (TPSA) is 0 Å². The summed E-state index contributed by atoms with van der Waals surface area (Å²) in [6.45, 7) is 93.8. The van der Waals surface area contributed by atoms with E-state index in [0.717, 1.165) is 25.7 Å². The largest absolute Gasteiger partial charge is 0.103 e. The van der Waals surface area contributed by atoms with Crippen LogP contribution < -0.4 is 0 Å². The van der Waals surface area contributed by atoms with E-state index in [1.54, 1.807) is 12.2 Å². The van der Waals surface area contributed by atoms with Crippen LogP contribution in [0.1, 0.15) is 441 Å². The predicted octanol–water partition coefficient (Wildman–Crippen LogP) is 37.7. The van der Waals surface area contributed by atoms with Gasteiger partial charge >= 0.3 is 0 Å². The summed E-state index contributed by atoms with van der Waals surface area (Å²) in [5, 5.41) is 0. The maximum absolute atomic E-state index is 3.52. The molecule has 0 saturated carbocycles. The third-order valence-corrected chi connectivity index (χ3v) is 10.6. The summed E-state index contributed by atoms with van der Waals surface area (Å²) in [7, 11) is 0. The Morgan fingerprint density at radius 1 is 0.181 bits per heavy atom. The molecule has 0 unspecified atom stereocenters. The van der Waals surface area contributed by atoms with E-state index in [4.69, 9.17) is 0 Å². The fraction of sp³-hybridized carbons (Fsp3) is 0.702. The van der Waals surface area contributed by atoms with Gasteiger partial charge in [0, 0.05) is 0 Å². The van der Waals surface area contributed by atoms with Crippen molar-refractivity contribution in [3.8, 4) is 0 Å². The van der Waals surface area contributed by atoms with Crippen LogP contribution in [0.15, 0.2) is 170 Å².